The monoisotopic (exact) mass is 332 g/mol. The first-order valence-corrected chi connectivity index (χ1v) is 7.85. The highest BCUT2D eigenvalue weighted by Gasteiger charge is 2.16. The summed E-state index contributed by atoms with van der Waals surface area (Å²) in [6, 6.07) is 19.4. The summed E-state index contributed by atoms with van der Waals surface area (Å²) in [6.45, 7) is 1.96. The van der Waals surface area contributed by atoms with E-state index in [-0.39, 0.29) is 0 Å². The molecule has 6 heteroatoms. The van der Waals surface area contributed by atoms with Gasteiger partial charge in [-0.25, -0.2) is 4.68 Å². The molecule has 0 aliphatic heterocycles. The van der Waals surface area contributed by atoms with E-state index in [4.69, 9.17) is 9.26 Å². The van der Waals surface area contributed by atoms with Crippen LogP contribution in [0.2, 0.25) is 0 Å². The summed E-state index contributed by atoms with van der Waals surface area (Å²) in [6.07, 6.45) is 0. The van der Waals surface area contributed by atoms with Crippen LogP contribution < -0.4 is 4.74 Å². The van der Waals surface area contributed by atoms with Gasteiger partial charge in [0.15, 0.2) is 5.76 Å². The van der Waals surface area contributed by atoms with E-state index < -0.39 is 0 Å². The standard InChI is InChI=1S/C19H16N4O2/c1-13-19(20-22-23(13)15-6-4-3-5-7-15)17-12-18(25-21-17)14-8-10-16(24-2)11-9-14/h3-12H,1-2H3. The van der Waals surface area contributed by atoms with Crippen LogP contribution in [0.25, 0.3) is 28.4 Å². The van der Waals surface area contributed by atoms with Gasteiger partial charge in [-0.1, -0.05) is 28.6 Å². The number of methoxy groups -OCH3 is 1. The zero-order valence-electron chi connectivity index (χ0n) is 13.9. The zero-order chi connectivity index (χ0) is 17.2. The first kappa shape index (κ1) is 15.1. The van der Waals surface area contributed by atoms with Crippen molar-refractivity contribution in [2.45, 2.75) is 6.92 Å². The molecule has 4 rings (SSSR count). The van der Waals surface area contributed by atoms with Gasteiger partial charge in [-0.15, -0.1) is 5.10 Å². The molecule has 2 heterocycles. The van der Waals surface area contributed by atoms with Gasteiger partial charge in [-0.2, -0.15) is 0 Å². The highest BCUT2D eigenvalue weighted by atomic mass is 16.5. The van der Waals surface area contributed by atoms with Crippen LogP contribution in [0.15, 0.2) is 65.2 Å². The number of ether oxygens (including phenoxy) is 1. The Hall–Kier alpha value is -3.41. The molecular formula is C19H16N4O2. The molecule has 0 spiro atoms. The Balaban J connectivity index is 1.67. The maximum atomic E-state index is 5.48. The minimum absolute atomic E-state index is 0.658. The van der Waals surface area contributed by atoms with E-state index in [1.807, 2.05) is 67.6 Å². The predicted molar refractivity (Wildman–Crippen MR) is 93.6 cm³/mol. The number of rotatable bonds is 4. The molecular weight excluding hydrogens is 316 g/mol. The Kier molecular flexibility index (Phi) is 3.78. The fourth-order valence-electron chi connectivity index (χ4n) is 2.66. The second-order valence-corrected chi connectivity index (χ2v) is 5.58. The molecule has 25 heavy (non-hydrogen) atoms. The first-order valence-electron chi connectivity index (χ1n) is 7.85. The van der Waals surface area contributed by atoms with Gasteiger partial charge < -0.3 is 9.26 Å². The van der Waals surface area contributed by atoms with Crippen molar-refractivity contribution in [3.05, 3.63) is 66.4 Å². The van der Waals surface area contributed by atoms with Crippen molar-refractivity contribution >= 4 is 0 Å². The van der Waals surface area contributed by atoms with Crippen LogP contribution in [-0.4, -0.2) is 27.3 Å². The number of benzene rings is 2. The van der Waals surface area contributed by atoms with Gasteiger partial charge in [0, 0.05) is 11.6 Å². The summed E-state index contributed by atoms with van der Waals surface area (Å²) in [7, 11) is 1.64. The number of hydrogen-bond donors (Lipinski definition) is 0. The predicted octanol–water partition coefficient (Wildman–Crippen LogP) is 3.91. The summed E-state index contributed by atoms with van der Waals surface area (Å²) in [5, 5.41) is 12.7. The molecule has 0 bridgehead atoms. The fourth-order valence-corrected chi connectivity index (χ4v) is 2.66. The summed E-state index contributed by atoms with van der Waals surface area (Å²) >= 11 is 0. The minimum Gasteiger partial charge on any atom is -0.497 e. The van der Waals surface area contributed by atoms with Gasteiger partial charge in [-0.3, -0.25) is 0 Å². The number of aromatic nitrogens is 4. The quantitative estimate of drug-likeness (QED) is 0.567. The van der Waals surface area contributed by atoms with Gasteiger partial charge in [0.1, 0.15) is 17.1 Å². The molecule has 0 N–H and O–H groups in total. The second-order valence-electron chi connectivity index (χ2n) is 5.58. The van der Waals surface area contributed by atoms with Crippen molar-refractivity contribution in [1.29, 1.82) is 0 Å². The van der Waals surface area contributed by atoms with Gasteiger partial charge in [0.25, 0.3) is 0 Å². The smallest absolute Gasteiger partial charge is 0.167 e. The number of nitrogens with zero attached hydrogens (tertiary/aromatic N) is 4. The maximum absolute atomic E-state index is 5.48. The van der Waals surface area contributed by atoms with E-state index in [1.165, 1.54) is 0 Å². The number of para-hydroxylation sites is 1. The SMILES string of the molecule is COc1ccc(-c2cc(-c3nnn(-c4ccccc4)c3C)no2)cc1. The molecule has 2 aromatic carbocycles. The lowest BCUT2D eigenvalue weighted by atomic mass is 10.1. The van der Waals surface area contributed by atoms with Crippen molar-refractivity contribution in [2.24, 2.45) is 0 Å². The summed E-state index contributed by atoms with van der Waals surface area (Å²) < 4.78 is 12.4. The van der Waals surface area contributed by atoms with E-state index in [0.717, 1.165) is 22.7 Å². The lowest BCUT2D eigenvalue weighted by Crippen LogP contribution is -1.98. The molecule has 0 fully saturated rings. The molecule has 0 aliphatic carbocycles. The van der Waals surface area contributed by atoms with Crippen molar-refractivity contribution < 1.29 is 9.26 Å². The van der Waals surface area contributed by atoms with Gasteiger partial charge in [0.2, 0.25) is 0 Å². The van der Waals surface area contributed by atoms with Gasteiger partial charge in [-0.05, 0) is 43.3 Å². The third-order valence-corrected chi connectivity index (χ3v) is 4.02. The van der Waals surface area contributed by atoms with Crippen molar-refractivity contribution in [1.82, 2.24) is 20.2 Å². The molecule has 6 nitrogen and oxygen atoms in total. The highest BCUT2D eigenvalue weighted by Crippen LogP contribution is 2.28. The third-order valence-electron chi connectivity index (χ3n) is 4.02. The Labute approximate surface area is 144 Å². The molecule has 0 radical (unpaired) electrons. The van der Waals surface area contributed by atoms with Gasteiger partial charge in [0.05, 0.1) is 18.5 Å². The van der Waals surface area contributed by atoms with Crippen molar-refractivity contribution in [3.8, 4) is 34.1 Å². The first-order chi connectivity index (χ1) is 12.3. The Bertz CT molecular complexity index is 988. The average Bonchev–Trinajstić information content (AvgIpc) is 3.29. The van der Waals surface area contributed by atoms with Crippen LogP contribution in [0.1, 0.15) is 5.69 Å². The van der Waals surface area contributed by atoms with E-state index >= 15 is 0 Å². The van der Waals surface area contributed by atoms with E-state index in [2.05, 4.69) is 15.5 Å². The van der Waals surface area contributed by atoms with Crippen LogP contribution in [-0.2, 0) is 0 Å². The molecule has 2 aromatic heterocycles. The Morgan fingerprint density at radius 1 is 1.00 bits per heavy atom. The lowest BCUT2D eigenvalue weighted by Gasteiger charge is -2.01. The summed E-state index contributed by atoms with van der Waals surface area (Å²) in [4.78, 5) is 0. The molecule has 124 valence electrons. The van der Waals surface area contributed by atoms with Crippen molar-refractivity contribution in [3.63, 3.8) is 0 Å². The molecule has 0 unspecified atom stereocenters. The Morgan fingerprint density at radius 2 is 1.76 bits per heavy atom. The van der Waals surface area contributed by atoms with Gasteiger partial charge >= 0.3 is 0 Å². The number of hydrogen-bond acceptors (Lipinski definition) is 5. The topological polar surface area (TPSA) is 66.0 Å². The molecule has 0 saturated heterocycles. The fraction of sp³-hybridized carbons (Fsp3) is 0.105. The lowest BCUT2D eigenvalue weighted by molar-refractivity contribution is 0.414. The van der Waals surface area contributed by atoms with Crippen LogP contribution in [0.5, 0.6) is 5.75 Å². The largest absolute Gasteiger partial charge is 0.497 e. The van der Waals surface area contributed by atoms with Crippen molar-refractivity contribution in [2.75, 3.05) is 7.11 Å². The molecule has 0 atom stereocenters. The Morgan fingerprint density at radius 3 is 2.48 bits per heavy atom. The molecule has 0 aliphatic rings. The average molecular weight is 332 g/mol. The normalized spacial score (nSPS) is 10.8. The summed E-state index contributed by atoms with van der Waals surface area (Å²) in [5.41, 5.74) is 4.14. The highest BCUT2D eigenvalue weighted by molar-refractivity contribution is 5.66. The van der Waals surface area contributed by atoms with E-state index in [9.17, 15) is 0 Å². The van der Waals surface area contributed by atoms with E-state index in [0.29, 0.717) is 17.1 Å². The third kappa shape index (κ3) is 2.78. The summed E-state index contributed by atoms with van der Waals surface area (Å²) in [5.74, 6) is 1.47. The zero-order valence-corrected chi connectivity index (χ0v) is 13.9. The van der Waals surface area contributed by atoms with Crippen LogP contribution in [0.4, 0.5) is 0 Å². The van der Waals surface area contributed by atoms with Crippen LogP contribution >= 0.6 is 0 Å². The maximum Gasteiger partial charge on any atom is 0.167 e. The van der Waals surface area contributed by atoms with Crippen LogP contribution in [0, 0.1) is 6.92 Å². The minimum atomic E-state index is 0.658. The molecule has 0 saturated carbocycles. The van der Waals surface area contributed by atoms with Crippen LogP contribution in [0.3, 0.4) is 0 Å². The second kappa shape index (κ2) is 6.24. The van der Waals surface area contributed by atoms with E-state index in [1.54, 1.807) is 11.8 Å². The molecule has 4 aromatic rings. The molecule has 0 amide bonds.